The predicted octanol–water partition coefficient (Wildman–Crippen LogP) is 20.0. The zero-order valence-corrected chi connectivity index (χ0v) is 45.9. The van der Waals surface area contributed by atoms with E-state index in [2.05, 4.69) is 307 Å². The summed E-state index contributed by atoms with van der Waals surface area (Å²) in [6, 6.07) is 110. The molecule has 0 bridgehead atoms. The monoisotopic (exact) mass is 1070 g/mol. The van der Waals surface area contributed by atoms with E-state index in [0.29, 0.717) is 0 Å². The first-order chi connectivity index (χ1) is 41.2. The van der Waals surface area contributed by atoms with Gasteiger partial charge in [0.1, 0.15) is 11.2 Å². The highest BCUT2D eigenvalue weighted by Gasteiger charge is 2.45. The molecule has 2 aromatic heterocycles. The van der Waals surface area contributed by atoms with Crippen molar-refractivity contribution in [1.82, 2.24) is 0 Å². The molecule has 0 atom stereocenters. The molecule has 4 heterocycles. The fourth-order valence-corrected chi connectivity index (χ4v) is 14.9. The number of nitrogens with zero attached hydrogens (tertiary/aromatic N) is 2. The Balaban J connectivity index is 1.01. The molecule has 15 aromatic rings. The number of rotatable bonds is 8. The van der Waals surface area contributed by atoms with Gasteiger partial charge < -0.3 is 14.2 Å². The predicted molar refractivity (Wildman–Crippen MR) is 353 cm³/mol. The number of hydrogen-bond acceptors (Lipinski definition) is 4. The van der Waals surface area contributed by atoms with E-state index in [1.807, 2.05) is 11.3 Å². The van der Waals surface area contributed by atoms with Crippen LogP contribution in [-0.4, -0.2) is 6.71 Å². The average Bonchev–Trinajstić information content (AvgIpc) is 1.67. The zero-order chi connectivity index (χ0) is 54.5. The maximum atomic E-state index is 6.86. The second kappa shape index (κ2) is 19.1. The SMILES string of the molecule is c1ccc(-c2cccc(-c3ccccc3)c2N2c3ccc(-c4cccc5c4oc4ccccc45)cc3B3c4cc(-c5cccc6c5sc5ccccc56)ccc4N(c4c(-c5ccccc5)cccc4-c4ccccc4)c4cccc2c43)cc1. The Morgan fingerprint density at radius 3 is 1.24 bits per heavy atom. The van der Waals surface area contributed by atoms with Gasteiger partial charge in [0.05, 0.1) is 11.4 Å². The van der Waals surface area contributed by atoms with Crippen LogP contribution in [0, 0.1) is 0 Å². The van der Waals surface area contributed by atoms with Crippen LogP contribution in [0.4, 0.5) is 34.1 Å². The molecule has 3 nitrogen and oxygen atoms in total. The van der Waals surface area contributed by atoms with Crippen LogP contribution < -0.4 is 26.2 Å². The Kier molecular flexibility index (Phi) is 10.9. The van der Waals surface area contributed by atoms with E-state index in [0.717, 1.165) is 112 Å². The van der Waals surface area contributed by atoms with Crippen molar-refractivity contribution >= 4 is 111 Å². The molecule has 386 valence electrons. The summed E-state index contributed by atoms with van der Waals surface area (Å²) in [5, 5.41) is 4.81. The van der Waals surface area contributed by atoms with E-state index in [1.54, 1.807) is 0 Å². The Labute approximate surface area is 485 Å². The molecular weight excluding hydrogens is 1020 g/mol. The lowest BCUT2D eigenvalue weighted by atomic mass is 9.33. The Bertz CT molecular complexity index is 4620. The van der Waals surface area contributed by atoms with Crippen molar-refractivity contribution in [2.45, 2.75) is 0 Å². The Hall–Kier alpha value is -10.5. The number of fused-ring (bicyclic) bond motifs is 10. The maximum absolute atomic E-state index is 6.86. The van der Waals surface area contributed by atoms with Crippen LogP contribution >= 0.6 is 11.3 Å². The highest BCUT2D eigenvalue weighted by atomic mass is 32.1. The van der Waals surface area contributed by atoms with Gasteiger partial charge in [0, 0.05) is 81.5 Å². The molecular formula is C78H49BN2OS. The van der Waals surface area contributed by atoms with Crippen LogP contribution in [0.1, 0.15) is 0 Å². The number of para-hydroxylation sites is 4. The van der Waals surface area contributed by atoms with E-state index in [9.17, 15) is 0 Å². The molecule has 0 saturated heterocycles. The van der Waals surface area contributed by atoms with E-state index < -0.39 is 0 Å². The topological polar surface area (TPSA) is 19.6 Å². The molecule has 0 aliphatic carbocycles. The summed E-state index contributed by atoms with van der Waals surface area (Å²) in [6.07, 6.45) is 0. The second-order valence-electron chi connectivity index (χ2n) is 21.8. The van der Waals surface area contributed by atoms with Crippen LogP contribution in [0.15, 0.2) is 302 Å². The van der Waals surface area contributed by atoms with Gasteiger partial charge >= 0.3 is 0 Å². The molecule has 0 spiro atoms. The minimum absolute atomic E-state index is 0.205. The summed E-state index contributed by atoms with van der Waals surface area (Å²) in [4.78, 5) is 5.22. The largest absolute Gasteiger partial charge is 0.455 e. The molecule has 0 radical (unpaired) electrons. The van der Waals surface area contributed by atoms with Crippen LogP contribution in [-0.2, 0) is 0 Å². The third-order valence-electron chi connectivity index (χ3n) is 17.3. The van der Waals surface area contributed by atoms with Crippen LogP contribution in [0.3, 0.4) is 0 Å². The maximum Gasteiger partial charge on any atom is 0.252 e. The molecule has 0 saturated carbocycles. The van der Waals surface area contributed by atoms with Crippen molar-refractivity contribution in [3.63, 3.8) is 0 Å². The quantitative estimate of drug-likeness (QED) is 0.141. The van der Waals surface area contributed by atoms with Gasteiger partial charge in [-0.2, -0.15) is 0 Å². The molecule has 83 heavy (non-hydrogen) atoms. The molecule has 5 heteroatoms. The first-order valence-corrected chi connectivity index (χ1v) is 29.3. The van der Waals surface area contributed by atoms with Crippen LogP contribution in [0.25, 0.3) is 109 Å². The minimum Gasteiger partial charge on any atom is -0.455 e. The minimum atomic E-state index is -0.205. The lowest BCUT2D eigenvalue weighted by molar-refractivity contribution is 0.670. The second-order valence-corrected chi connectivity index (χ2v) is 22.8. The van der Waals surface area contributed by atoms with Gasteiger partial charge in [0.25, 0.3) is 6.71 Å². The number of benzene rings is 13. The lowest BCUT2D eigenvalue weighted by Crippen LogP contribution is -2.61. The van der Waals surface area contributed by atoms with Gasteiger partial charge in [-0.05, 0) is 91.7 Å². The number of thiophene rings is 1. The lowest BCUT2D eigenvalue weighted by Gasteiger charge is -2.45. The Morgan fingerprint density at radius 1 is 0.289 bits per heavy atom. The van der Waals surface area contributed by atoms with Crippen molar-refractivity contribution in [2.24, 2.45) is 0 Å². The van der Waals surface area contributed by atoms with Gasteiger partial charge in [0.2, 0.25) is 0 Å². The molecule has 0 fully saturated rings. The summed E-state index contributed by atoms with van der Waals surface area (Å²) in [5.74, 6) is 0. The summed E-state index contributed by atoms with van der Waals surface area (Å²) in [5.41, 5.74) is 26.1. The van der Waals surface area contributed by atoms with Crippen molar-refractivity contribution in [3.8, 4) is 66.8 Å². The van der Waals surface area contributed by atoms with Crippen molar-refractivity contribution in [1.29, 1.82) is 0 Å². The third kappa shape index (κ3) is 7.45. The van der Waals surface area contributed by atoms with Gasteiger partial charge in [0.15, 0.2) is 0 Å². The molecule has 13 aromatic carbocycles. The summed E-state index contributed by atoms with van der Waals surface area (Å²) in [6.45, 7) is -0.205. The molecule has 2 aliphatic rings. The van der Waals surface area contributed by atoms with Gasteiger partial charge in [-0.15, -0.1) is 11.3 Å². The van der Waals surface area contributed by atoms with Crippen LogP contribution in [0.5, 0.6) is 0 Å². The van der Waals surface area contributed by atoms with Gasteiger partial charge in [-0.3, -0.25) is 0 Å². The molecule has 2 aliphatic heterocycles. The molecule has 17 rings (SSSR count). The van der Waals surface area contributed by atoms with Crippen molar-refractivity contribution in [2.75, 3.05) is 9.80 Å². The normalized spacial score (nSPS) is 12.5. The average molecular weight is 1070 g/mol. The highest BCUT2D eigenvalue weighted by molar-refractivity contribution is 7.26. The number of anilines is 6. The summed E-state index contributed by atoms with van der Waals surface area (Å²) < 4.78 is 9.45. The smallest absolute Gasteiger partial charge is 0.252 e. The van der Waals surface area contributed by atoms with Gasteiger partial charge in [-0.1, -0.05) is 261 Å². The summed E-state index contributed by atoms with van der Waals surface area (Å²) >= 11 is 1.89. The number of furan rings is 1. The standard InChI is InChI=1S/C78H49BN2OS/c1-5-22-50(23-6-1)56-32-17-33-57(51-24-7-2-8-25-51)75(56)80-68-46-44-54(60-36-19-38-64-62-30-13-15-42-72(62)82-77(60)64)48-66(68)79-67-49-55(61-37-20-39-65-63-31-14-16-43-73(63)83-78(61)65)45-47-69(67)81(71-41-21-40-70(80)74(71)79)76-58(52-26-9-3-10-27-52)34-18-35-59(76)53-28-11-4-12-29-53/h1-49H. The molecule has 0 amide bonds. The van der Waals surface area contributed by atoms with E-state index in [4.69, 9.17) is 4.42 Å². The molecule has 0 N–H and O–H groups in total. The summed E-state index contributed by atoms with van der Waals surface area (Å²) in [7, 11) is 0. The fourth-order valence-electron chi connectivity index (χ4n) is 13.7. The molecule has 0 unspecified atom stereocenters. The zero-order valence-electron chi connectivity index (χ0n) is 45.1. The first-order valence-electron chi connectivity index (χ1n) is 28.5. The first kappa shape index (κ1) is 47.4. The third-order valence-corrected chi connectivity index (χ3v) is 18.5. The van der Waals surface area contributed by atoms with Gasteiger partial charge in [-0.25, -0.2) is 0 Å². The van der Waals surface area contributed by atoms with Crippen LogP contribution in [0.2, 0.25) is 0 Å². The van der Waals surface area contributed by atoms with E-state index in [1.165, 1.54) is 47.7 Å². The number of hydrogen-bond donors (Lipinski definition) is 0. The highest BCUT2D eigenvalue weighted by Crippen LogP contribution is 2.53. The van der Waals surface area contributed by atoms with Crippen molar-refractivity contribution in [3.05, 3.63) is 297 Å². The van der Waals surface area contributed by atoms with Crippen molar-refractivity contribution < 1.29 is 4.42 Å². The van der Waals surface area contributed by atoms with E-state index >= 15 is 0 Å². The van der Waals surface area contributed by atoms with E-state index in [-0.39, 0.29) is 6.71 Å². The Morgan fingerprint density at radius 2 is 0.699 bits per heavy atom. The fraction of sp³-hybridized carbons (Fsp3) is 0.